The Labute approximate surface area is 479 Å². The SMILES string of the molecule is O=C([O-])CCC(=O)OC[C@H]1O[C@@H]2O[C@H]3[C@@H](O)[C@@H](O)[C@@H](O[C@H]4[C@@H](O)[C@H](O)[C@@H](O[C@H]5[C@H](O)[C@@H](O)[C@@H](O[C@H]6[C@H](O)[C@@H](O)[C@@H](O[C@H]7[C@H](O)[C@@H](O)[C@@H](O[C@H]8[C@H](O)[C@@H](O)[C@@H](O[C@H]1[C@H](O)[C@H]2O)O[C@H]8CO)O[C@H]7CO)O[C@H]6CO)O[C@@H]5CO)O[C@@H]4CO)O[C@@H]3CO.[NH4+]. The van der Waals surface area contributed by atoms with E-state index < -0.39 is 286 Å². The highest BCUT2D eigenvalue weighted by molar-refractivity contribution is 5.75. The van der Waals surface area contributed by atoms with Crippen molar-refractivity contribution in [2.75, 3.05) is 46.2 Å². The third-order valence-electron chi connectivity index (χ3n) is 15.5. The van der Waals surface area contributed by atoms with Gasteiger partial charge < -0.3 is 189 Å². The predicted octanol–water partition coefficient (Wildman–Crippen LogP) is -15.8. The van der Waals surface area contributed by atoms with Gasteiger partial charge in [0.05, 0.1) is 46.1 Å². The molecule has 35 atom stereocenters. The first-order valence-corrected chi connectivity index (χ1v) is 26.6. The number of quaternary nitrogens is 1. The smallest absolute Gasteiger partial charge is 0.306 e. The van der Waals surface area contributed by atoms with Gasteiger partial charge >= 0.3 is 5.97 Å². The van der Waals surface area contributed by atoms with E-state index in [0.29, 0.717) is 0 Å². The lowest BCUT2D eigenvalue weighted by Gasteiger charge is -2.50. The number of hydrogen-bond acceptors (Lipinski definition) is 38. The first kappa shape index (κ1) is 70.0. The molecule has 0 aliphatic carbocycles. The van der Waals surface area contributed by atoms with Crippen LogP contribution in [0.2, 0.25) is 0 Å². The number of carboxylic acid groups (broad SMARTS) is 1. The molecule has 21 heterocycles. The predicted molar refractivity (Wildman–Crippen MR) is 253 cm³/mol. The Morgan fingerprint density at radius 2 is 0.459 bits per heavy atom. The number of ether oxygens (including phenoxy) is 15. The third-order valence-corrected chi connectivity index (χ3v) is 15.5. The molecule has 14 bridgehead atoms. The Balaban J connectivity index is 0.0000104. The summed E-state index contributed by atoms with van der Waals surface area (Å²) in [5.41, 5.74) is 0. The van der Waals surface area contributed by atoms with Crippen molar-refractivity contribution in [3.05, 3.63) is 0 Å². The van der Waals surface area contributed by atoms with E-state index >= 15 is 0 Å². The van der Waals surface area contributed by atoms with E-state index in [4.69, 9.17) is 71.1 Å². The minimum absolute atomic E-state index is 0. The van der Waals surface area contributed by atoms with Gasteiger partial charge in [-0.15, -0.1) is 0 Å². The van der Waals surface area contributed by atoms with E-state index in [0.717, 1.165) is 0 Å². The van der Waals surface area contributed by atoms with Crippen molar-refractivity contribution < 1.29 is 188 Å². The molecule has 0 radical (unpaired) electrons. The minimum Gasteiger partial charge on any atom is -0.550 e. The fourth-order valence-corrected chi connectivity index (χ4v) is 10.9. The van der Waals surface area contributed by atoms with Gasteiger partial charge in [0.1, 0.15) is 178 Å². The summed E-state index contributed by atoms with van der Waals surface area (Å²) in [6.07, 6.45) is -74.4. The molecule has 21 fully saturated rings. The number of aliphatic carboxylic acids is 1. The van der Waals surface area contributed by atoms with Crippen LogP contribution in [-0.2, 0) is 80.6 Å². The molecular formula is C46H77NO38. The van der Waals surface area contributed by atoms with Crippen molar-refractivity contribution in [2.24, 2.45) is 0 Å². The van der Waals surface area contributed by atoms with Gasteiger partial charge in [0.25, 0.3) is 0 Å². The highest BCUT2D eigenvalue weighted by Gasteiger charge is 2.59. The molecule has 0 amide bonds. The van der Waals surface area contributed by atoms with Crippen LogP contribution < -0.4 is 11.3 Å². The van der Waals surface area contributed by atoms with Gasteiger partial charge in [-0.05, 0) is 6.42 Å². The van der Waals surface area contributed by atoms with Gasteiger partial charge in [-0.1, -0.05) is 0 Å². The van der Waals surface area contributed by atoms with Gasteiger partial charge in [-0.3, -0.25) is 4.79 Å². The summed E-state index contributed by atoms with van der Waals surface area (Å²) in [4.78, 5) is 23.7. The van der Waals surface area contributed by atoms with E-state index in [1.807, 2.05) is 0 Å². The van der Waals surface area contributed by atoms with Gasteiger partial charge in [0.2, 0.25) is 0 Å². The summed E-state index contributed by atoms with van der Waals surface area (Å²) in [6.45, 7) is -7.57. The number of aliphatic hydroxyl groups excluding tert-OH is 20. The molecule has 39 nitrogen and oxygen atoms in total. The lowest BCUT2D eigenvalue weighted by Crippen LogP contribution is -2.68. The standard InChI is InChI=1S/C46H74O38.H3N/c47-3-10-33-20(57)27(64)41(72-10)80-35-12(5-49)74-43(29(66)22(35)59)82-37-14(7-51)76-45(31(68)24(37)61)84-39-16(9-70-18(55)2-1-17(53)54)77-46(32(69)25(39)62)83-38-15(8-52)75-44(30(67)23(38)60)81-36-13(6-50)73-42(28(65)21(36)58)79-34-11(4-48)71-40(78-33)26(63)19(34)56;/h10-16,19-52,56-69H,1-9H2,(H,53,54);1H3/t10-,11+,12-,13+,14-,15+,16+,19+,20+,21-,22+,23-,24+,25+,26+,27+,28-,29+,30+,31+,32+,33+,34+,35+,36+,37+,38+,39+,40+,41+,42+,43+,44+,45+,46+;/m0./s1. The van der Waals surface area contributed by atoms with E-state index in [1.165, 1.54) is 0 Å². The van der Waals surface area contributed by atoms with Crippen LogP contribution in [0.5, 0.6) is 0 Å². The molecule has 0 aromatic rings. The van der Waals surface area contributed by atoms with Crippen LogP contribution in [0.1, 0.15) is 12.8 Å². The molecule has 0 saturated carbocycles. The zero-order chi connectivity index (χ0) is 61.3. The van der Waals surface area contributed by atoms with Gasteiger partial charge in [-0.2, -0.15) is 0 Å². The summed E-state index contributed by atoms with van der Waals surface area (Å²) in [5.74, 6) is -2.85. The number of carboxylic acids is 1. The number of esters is 1. The van der Waals surface area contributed by atoms with Gasteiger partial charge in [0.15, 0.2) is 44.0 Å². The van der Waals surface area contributed by atoms with E-state index in [-0.39, 0.29) is 6.15 Å². The number of hydrogen-bond donors (Lipinski definition) is 21. The maximum atomic E-state index is 12.6. The number of aliphatic hydroxyl groups is 20. The molecule has 0 aromatic heterocycles. The van der Waals surface area contributed by atoms with Crippen molar-refractivity contribution in [3.63, 3.8) is 0 Å². The molecule has 0 aromatic carbocycles. The van der Waals surface area contributed by atoms with Crippen molar-refractivity contribution in [2.45, 2.75) is 228 Å². The van der Waals surface area contributed by atoms with Crippen molar-refractivity contribution in [3.8, 4) is 0 Å². The molecule has 0 unspecified atom stereocenters. The van der Waals surface area contributed by atoms with Crippen LogP contribution in [0.3, 0.4) is 0 Å². The average molecular weight is 1250 g/mol. The third kappa shape index (κ3) is 14.7. The minimum atomic E-state index is -2.33. The maximum Gasteiger partial charge on any atom is 0.306 e. The lowest BCUT2D eigenvalue weighted by molar-refractivity contribution is -0.396. The van der Waals surface area contributed by atoms with E-state index in [9.17, 15) is 117 Å². The van der Waals surface area contributed by atoms with Crippen LogP contribution in [0.15, 0.2) is 0 Å². The van der Waals surface area contributed by atoms with Crippen LogP contribution in [0, 0.1) is 0 Å². The summed E-state index contributed by atoms with van der Waals surface area (Å²) < 4.78 is 85.1. The molecule has 21 saturated heterocycles. The van der Waals surface area contributed by atoms with Crippen LogP contribution >= 0.6 is 0 Å². The van der Waals surface area contributed by atoms with Crippen LogP contribution in [0.4, 0.5) is 0 Å². The quantitative estimate of drug-likeness (QED) is 0.0854. The average Bonchev–Trinajstić information content (AvgIpc) is 2.86. The molecular weight excluding hydrogens is 1170 g/mol. The first-order valence-electron chi connectivity index (χ1n) is 26.6. The Hall–Kier alpha value is -2.46. The first-order chi connectivity index (χ1) is 39.9. The van der Waals surface area contributed by atoms with Crippen LogP contribution in [0.25, 0.3) is 0 Å². The molecule has 85 heavy (non-hydrogen) atoms. The summed E-state index contributed by atoms with van der Waals surface area (Å²) in [6, 6.07) is 0. The zero-order valence-corrected chi connectivity index (χ0v) is 44.9. The number of carbonyl (C=O) groups is 2. The van der Waals surface area contributed by atoms with Crippen molar-refractivity contribution in [1.29, 1.82) is 0 Å². The molecule has 39 heteroatoms. The normalized spacial score (nSPS) is 51.0. The lowest BCUT2D eigenvalue weighted by atomic mass is 9.95. The highest BCUT2D eigenvalue weighted by atomic mass is 16.8. The molecule has 21 rings (SSSR count). The summed E-state index contributed by atoms with van der Waals surface area (Å²) in [5, 5.41) is 233. The van der Waals surface area contributed by atoms with E-state index in [1.54, 1.807) is 0 Å². The number of rotatable bonds is 11. The maximum absolute atomic E-state index is 12.6. The van der Waals surface area contributed by atoms with Gasteiger partial charge in [-0.25, -0.2) is 0 Å². The monoisotopic (exact) mass is 1250 g/mol. The van der Waals surface area contributed by atoms with Gasteiger partial charge in [0, 0.05) is 5.97 Å². The van der Waals surface area contributed by atoms with Crippen LogP contribution in [-0.4, -0.2) is 375 Å². The fourth-order valence-electron chi connectivity index (χ4n) is 10.9. The number of carbonyl (C=O) groups excluding carboxylic acids is 2. The summed E-state index contributed by atoms with van der Waals surface area (Å²) >= 11 is 0. The molecule has 21 aliphatic rings. The Morgan fingerprint density at radius 3 is 0.635 bits per heavy atom. The molecule has 21 aliphatic heterocycles. The topological polar surface area (TPSA) is 637 Å². The zero-order valence-electron chi connectivity index (χ0n) is 44.9. The van der Waals surface area contributed by atoms with E-state index in [2.05, 4.69) is 0 Å². The Morgan fingerprint density at radius 1 is 0.282 bits per heavy atom. The highest BCUT2D eigenvalue weighted by Crippen LogP contribution is 2.39. The second kappa shape index (κ2) is 30.1. The van der Waals surface area contributed by atoms with Crippen molar-refractivity contribution >= 4 is 11.9 Å². The largest absolute Gasteiger partial charge is 0.550 e. The molecule has 24 N–H and O–H groups in total. The molecule has 494 valence electrons. The van der Waals surface area contributed by atoms with Crippen molar-refractivity contribution in [1.82, 2.24) is 6.15 Å². The fraction of sp³-hybridized carbons (Fsp3) is 0.957. The second-order valence-corrected chi connectivity index (χ2v) is 21.0. The Kier molecular flexibility index (Phi) is 24.8. The second-order valence-electron chi connectivity index (χ2n) is 21.0. The molecule has 0 spiro atoms. The Bertz CT molecular complexity index is 2080. The summed E-state index contributed by atoms with van der Waals surface area (Å²) in [7, 11) is 0.